The lowest BCUT2D eigenvalue weighted by Crippen LogP contribution is -2.39. The molecule has 1 aromatic heterocycles. The number of hydrogen-bond acceptors (Lipinski definition) is 3. The van der Waals surface area contributed by atoms with Crippen LogP contribution >= 0.6 is 0 Å². The normalized spacial score (nSPS) is 19.5. The molecule has 2 aliphatic heterocycles. The van der Waals surface area contributed by atoms with Crippen LogP contribution in [0, 0.1) is 5.92 Å². The molecule has 1 N–H and O–H groups in total. The smallest absolute Gasteiger partial charge is 0.335 e. The molecule has 2 aromatic carbocycles. The molecule has 3 heterocycles. The average molecular weight is 514 g/mol. The Bertz CT molecular complexity index is 1300. The van der Waals surface area contributed by atoms with Gasteiger partial charge in [0.05, 0.1) is 11.3 Å². The van der Waals surface area contributed by atoms with Gasteiger partial charge in [0.15, 0.2) is 0 Å². The van der Waals surface area contributed by atoms with E-state index in [1.807, 2.05) is 6.07 Å². The summed E-state index contributed by atoms with van der Waals surface area (Å²) >= 11 is 0. The topological polar surface area (TPSA) is 48.7 Å². The zero-order chi connectivity index (χ0) is 26.2. The first-order chi connectivity index (χ1) is 18.5. The number of carboxylic acids is 1. The molecule has 5 nitrogen and oxygen atoms in total. The molecule has 6 rings (SSSR count). The Balaban J connectivity index is 1.36. The number of aromatic nitrogens is 1. The van der Waals surface area contributed by atoms with Crippen LogP contribution in [0.5, 0.6) is 0 Å². The molecule has 3 aromatic rings. The lowest BCUT2D eigenvalue weighted by atomic mass is 9.81. The highest BCUT2D eigenvalue weighted by Gasteiger charge is 2.31. The fraction of sp³-hybridized carbons (Fsp3) is 0.545. The minimum absolute atomic E-state index is 0.384. The standard InChI is InChI=1S/C33H43N3O2/c1-23(2)34-17-14-24(15-18-34)16-19-35-20-21-36-30-22-26(33(37)38)12-13-27(30)31(25-8-4-3-5-9-25)32(36)28-10-6-7-11-29(28)35/h6-7,10-13,22-25H,3-5,8-9,14-21H2,1-2H3,(H,37,38). The van der Waals surface area contributed by atoms with Crippen LogP contribution in [0.4, 0.5) is 5.69 Å². The van der Waals surface area contributed by atoms with Gasteiger partial charge in [-0.2, -0.15) is 0 Å². The number of anilines is 1. The van der Waals surface area contributed by atoms with E-state index >= 15 is 0 Å². The highest BCUT2D eigenvalue weighted by Crippen LogP contribution is 2.47. The van der Waals surface area contributed by atoms with E-state index in [1.54, 1.807) is 6.07 Å². The van der Waals surface area contributed by atoms with E-state index in [9.17, 15) is 9.90 Å². The van der Waals surface area contributed by atoms with Crippen molar-refractivity contribution in [2.75, 3.05) is 31.1 Å². The van der Waals surface area contributed by atoms with Crippen LogP contribution < -0.4 is 4.90 Å². The molecule has 3 aliphatic rings. The summed E-state index contributed by atoms with van der Waals surface area (Å²) in [7, 11) is 0. The molecule has 1 aliphatic carbocycles. The third kappa shape index (κ3) is 4.75. The summed E-state index contributed by atoms with van der Waals surface area (Å²) < 4.78 is 2.46. The van der Waals surface area contributed by atoms with Crippen LogP contribution in [0.15, 0.2) is 42.5 Å². The van der Waals surface area contributed by atoms with E-state index < -0.39 is 5.97 Å². The zero-order valence-corrected chi connectivity index (χ0v) is 23.2. The number of para-hydroxylation sites is 1. The number of carboxylic acid groups (broad SMARTS) is 1. The molecule has 0 atom stereocenters. The van der Waals surface area contributed by atoms with Crippen molar-refractivity contribution >= 4 is 22.6 Å². The fourth-order valence-electron chi connectivity index (χ4n) is 7.46. The van der Waals surface area contributed by atoms with Gasteiger partial charge in [-0.1, -0.05) is 43.5 Å². The maximum absolute atomic E-state index is 11.9. The number of benzene rings is 2. The molecule has 1 saturated heterocycles. The third-order valence-electron chi connectivity index (χ3n) is 9.64. The molecular weight excluding hydrogens is 470 g/mol. The number of likely N-dealkylation sites (tertiary alicyclic amines) is 1. The van der Waals surface area contributed by atoms with E-state index in [2.05, 4.69) is 58.5 Å². The molecule has 0 spiro atoms. The van der Waals surface area contributed by atoms with Gasteiger partial charge in [-0.25, -0.2) is 4.79 Å². The van der Waals surface area contributed by atoms with E-state index in [0.717, 1.165) is 31.1 Å². The van der Waals surface area contributed by atoms with Crippen molar-refractivity contribution in [3.05, 3.63) is 53.6 Å². The van der Waals surface area contributed by atoms with E-state index in [-0.39, 0.29) is 0 Å². The van der Waals surface area contributed by atoms with Crippen LogP contribution in [0.2, 0.25) is 0 Å². The second-order valence-electron chi connectivity index (χ2n) is 12.2. The molecule has 202 valence electrons. The SMILES string of the molecule is CC(C)N1CCC(CCN2CCn3c(c(C4CCCCC4)c4ccc(C(=O)O)cc43)-c3ccccc32)CC1. The summed E-state index contributed by atoms with van der Waals surface area (Å²) in [6.45, 7) is 10.0. The number of piperidine rings is 1. The summed E-state index contributed by atoms with van der Waals surface area (Å²) in [5, 5.41) is 11.0. The predicted molar refractivity (Wildman–Crippen MR) is 156 cm³/mol. The summed E-state index contributed by atoms with van der Waals surface area (Å²) in [5.74, 6) is 0.501. The number of carbonyl (C=O) groups is 1. The Morgan fingerprint density at radius 3 is 2.45 bits per heavy atom. The van der Waals surface area contributed by atoms with Crippen molar-refractivity contribution < 1.29 is 9.90 Å². The molecule has 38 heavy (non-hydrogen) atoms. The van der Waals surface area contributed by atoms with Crippen LogP contribution in [-0.4, -0.2) is 52.8 Å². The van der Waals surface area contributed by atoms with Crippen LogP contribution in [0.1, 0.15) is 87.1 Å². The maximum atomic E-state index is 11.9. The van der Waals surface area contributed by atoms with Gasteiger partial charge in [0.2, 0.25) is 0 Å². The Kier molecular flexibility index (Phi) is 7.22. The Morgan fingerprint density at radius 1 is 0.947 bits per heavy atom. The second-order valence-corrected chi connectivity index (χ2v) is 12.2. The van der Waals surface area contributed by atoms with E-state index in [1.165, 1.54) is 92.4 Å². The number of fused-ring (bicyclic) bond motifs is 5. The van der Waals surface area contributed by atoms with Crippen molar-refractivity contribution in [2.45, 2.75) is 83.7 Å². The number of aromatic carboxylic acids is 1. The maximum Gasteiger partial charge on any atom is 0.335 e. The van der Waals surface area contributed by atoms with Gasteiger partial charge >= 0.3 is 5.97 Å². The monoisotopic (exact) mass is 513 g/mol. The van der Waals surface area contributed by atoms with Crippen molar-refractivity contribution in [1.29, 1.82) is 0 Å². The van der Waals surface area contributed by atoms with Crippen molar-refractivity contribution in [2.24, 2.45) is 5.92 Å². The fourth-order valence-corrected chi connectivity index (χ4v) is 7.46. The summed E-state index contributed by atoms with van der Waals surface area (Å²) in [5.41, 5.74) is 6.97. The van der Waals surface area contributed by atoms with Gasteiger partial charge in [0.1, 0.15) is 0 Å². The largest absolute Gasteiger partial charge is 0.478 e. The van der Waals surface area contributed by atoms with Gasteiger partial charge in [0, 0.05) is 47.8 Å². The van der Waals surface area contributed by atoms with Crippen LogP contribution in [0.25, 0.3) is 22.2 Å². The molecular formula is C33H43N3O2. The van der Waals surface area contributed by atoms with Crippen molar-refractivity contribution in [3.8, 4) is 11.3 Å². The quantitative estimate of drug-likeness (QED) is 0.373. The molecule has 0 amide bonds. The Morgan fingerprint density at radius 2 is 1.71 bits per heavy atom. The zero-order valence-electron chi connectivity index (χ0n) is 23.2. The average Bonchev–Trinajstić information content (AvgIpc) is 3.17. The number of rotatable bonds is 6. The van der Waals surface area contributed by atoms with E-state index in [4.69, 9.17) is 0 Å². The second kappa shape index (κ2) is 10.8. The number of nitrogens with zero attached hydrogens (tertiary/aromatic N) is 3. The lowest BCUT2D eigenvalue weighted by molar-refractivity contribution is 0.0697. The molecule has 0 bridgehead atoms. The minimum Gasteiger partial charge on any atom is -0.478 e. The van der Waals surface area contributed by atoms with Gasteiger partial charge < -0.3 is 19.5 Å². The molecule has 0 radical (unpaired) electrons. The summed E-state index contributed by atoms with van der Waals surface area (Å²) in [6, 6.07) is 15.5. The first kappa shape index (κ1) is 25.5. The van der Waals surface area contributed by atoms with Gasteiger partial charge in [-0.3, -0.25) is 0 Å². The van der Waals surface area contributed by atoms with E-state index in [0.29, 0.717) is 17.5 Å². The molecule has 5 heteroatoms. The molecule has 0 unspecified atom stereocenters. The van der Waals surface area contributed by atoms with Crippen molar-refractivity contribution in [1.82, 2.24) is 9.47 Å². The van der Waals surface area contributed by atoms with Gasteiger partial charge in [0.25, 0.3) is 0 Å². The van der Waals surface area contributed by atoms with Crippen LogP contribution in [-0.2, 0) is 6.54 Å². The number of hydrogen-bond donors (Lipinski definition) is 1. The summed E-state index contributed by atoms with van der Waals surface area (Å²) in [6.07, 6.45) is 10.2. The van der Waals surface area contributed by atoms with Gasteiger partial charge in [-0.05, 0) is 94.6 Å². The highest BCUT2D eigenvalue weighted by atomic mass is 16.4. The highest BCUT2D eigenvalue weighted by molar-refractivity contribution is 5.99. The van der Waals surface area contributed by atoms with Gasteiger partial charge in [-0.15, -0.1) is 0 Å². The van der Waals surface area contributed by atoms with Crippen LogP contribution in [0.3, 0.4) is 0 Å². The predicted octanol–water partition coefficient (Wildman–Crippen LogP) is 7.38. The first-order valence-electron chi connectivity index (χ1n) is 15.0. The molecule has 1 saturated carbocycles. The lowest BCUT2D eigenvalue weighted by Gasteiger charge is -2.35. The third-order valence-corrected chi connectivity index (χ3v) is 9.64. The first-order valence-corrected chi connectivity index (χ1v) is 15.0. The summed E-state index contributed by atoms with van der Waals surface area (Å²) in [4.78, 5) is 17.2. The molecule has 2 fully saturated rings. The Labute approximate surface area is 227 Å². The minimum atomic E-state index is -0.846. The Hall–Kier alpha value is -2.79. The van der Waals surface area contributed by atoms with Crippen molar-refractivity contribution in [3.63, 3.8) is 0 Å².